The van der Waals surface area contributed by atoms with Crippen LogP contribution in [0.2, 0.25) is 0 Å². The highest BCUT2D eigenvalue weighted by atomic mass is 16.2. The van der Waals surface area contributed by atoms with Gasteiger partial charge in [-0.3, -0.25) is 24.0 Å². The van der Waals surface area contributed by atoms with Gasteiger partial charge >= 0.3 is 5.69 Å². The molecule has 1 saturated heterocycles. The fourth-order valence-corrected chi connectivity index (χ4v) is 2.97. The smallest absolute Gasteiger partial charge is 0.295 e. The lowest BCUT2D eigenvalue weighted by Gasteiger charge is -2.22. The lowest BCUT2D eigenvalue weighted by Crippen LogP contribution is -2.44. The molecule has 1 aromatic carbocycles. The highest BCUT2D eigenvalue weighted by molar-refractivity contribution is 6.00. The van der Waals surface area contributed by atoms with Gasteiger partial charge in [-0.1, -0.05) is 19.9 Å². The second kappa shape index (κ2) is 5.12. The fourth-order valence-electron chi connectivity index (χ4n) is 2.97. The molecule has 2 heterocycles. The number of carbonyl (C=O) groups excluding carboxylic acids is 2. The van der Waals surface area contributed by atoms with Gasteiger partial charge in [0.05, 0.1) is 11.0 Å². The summed E-state index contributed by atoms with van der Waals surface area (Å²) in [6.07, 6.45) is 0.610. The van der Waals surface area contributed by atoms with Crippen molar-refractivity contribution in [3.63, 3.8) is 0 Å². The lowest BCUT2D eigenvalue weighted by molar-refractivity contribution is -0.135. The number of aryl methyl sites for hydroxylation is 1. The number of carbonyl (C=O) groups is 2. The van der Waals surface area contributed by atoms with Gasteiger partial charge in [-0.15, -0.1) is 0 Å². The topological polar surface area (TPSA) is 73.1 Å². The van der Waals surface area contributed by atoms with Crippen molar-refractivity contribution in [3.05, 3.63) is 34.2 Å². The summed E-state index contributed by atoms with van der Waals surface area (Å²) in [6.45, 7) is 4.19. The van der Waals surface area contributed by atoms with Gasteiger partial charge in [0.2, 0.25) is 11.8 Å². The van der Waals surface area contributed by atoms with Crippen LogP contribution < -0.4 is 11.0 Å². The molecule has 2 aromatic rings. The molecule has 22 heavy (non-hydrogen) atoms. The van der Waals surface area contributed by atoms with Crippen molar-refractivity contribution in [2.24, 2.45) is 7.05 Å². The van der Waals surface area contributed by atoms with Crippen molar-refractivity contribution in [1.82, 2.24) is 14.5 Å². The molecule has 0 radical (unpaired) electrons. The summed E-state index contributed by atoms with van der Waals surface area (Å²) in [6, 6.07) is 5.23. The molecule has 6 nitrogen and oxygen atoms in total. The Balaban J connectivity index is 2.18. The largest absolute Gasteiger partial charge is 0.329 e. The van der Waals surface area contributed by atoms with Gasteiger partial charge in [0.25, 0.3) is 0 Å². The first-order chi connectivity index (χ1) is 10.4. The van der Waals surface area contributed by atoms with E-state index in [1.165, 1.54) is 4.57 Å². The van der Waals surface area contributed by atoms with Crippen LogP contribution in [0.1, 0.15) is 44.2 Å². The molecule has 3 rings (SSSR count). The molecule has 1 aliphatic rings. The highest BCUT2D eigenvalue weighted by Gasteiger charge is 2.31. The minimum atomic E-state index is -0.626. The summed E-state index contributed by atoms with van der Waals surface area (Å²) in [7, 11) is 1.71. The number of fused-ring (bicyclic) bond motifs is 1. The Hall–Kier alpha value is -2.37. The van der Waals surface area contributed by atoms with E-state index in [1.54, 1.807) is 11.6 Å². The van der Waals surface area contributed by atoms with E-state index in [2.05, 4.69) is 19.2 Å². The van der Waals surface area contributed by atoms with Crippen LogP contribution in [0.5, 0.6) is 0 Å². The second-order valence-corrected chi connectivity index (χ2v) is 6.08. The zero-order chi connectivity index (χ0) is 16.0. The number of hydrogen-bond acceptors (Lipinski definition) is 3. The maximum absolute atomic E-state index is 12.6. The van der Waals surface area contributed by atoms with Gasteiger partial charge in [0.15, 0.2) is 0 Å². The molecule has 2 amide bonds. The maximum atomic E-state index is 12.6. The third kappa shape index (κ3) is 2.15. The fraction of sp³-hybridized carbons (Fsp3) is 0.438. The summed E-state index contributed by atoms with van der Waals surface area (Å²) in [5.74, 6) is -0.325. The van der Waals surface area contributed by atoms with E-state index in [0.717, 1.165) is 16.6 Å². The molecule has 0 bridgehead atoms. The zero-order valence-electron chi connectivity index (χ0n) is 12.9. The molecular weight excluding hydrogens is 282 g/mol. The van der Waals surface area contributed by atoms with Crippen LogP contribution in [-0.2, 0) is 16.6 Å². The molecule has 0 spiro atoms. The van der Waals surface area contributed by atoms with Crippen molar-refractivity contribution in [2.45, 2.75) is 38.6 Å². The predicted molar refractivity (Wildman–Crippen MR) is 82.7 cm³/mol. The molecule has 0 aliphatic carbocycles. The molecular formula is C16H19N3O3. The summed E-state index contributed by atoms with van der Waals surface area (Å²) >= 11 is 0. The summed E-state index contributed by atoms with van der Waals surface area (Å²) in [5, 5.41) is 2.31. The summed E-state index contributed by atoms with van der Waals surface area (Å²) in [4.78, 5) is 35.9. The molecule has 116 valence electrons. The number of piperidine rings is 1. The minimum Gasteiger partial charge on any atom is -0.295 e. The van der Waals surface area contributed by atoms with Gasteiger partial charge in [-0.05, 0) is 30.0 Å². The zero-order valence-corrected chi connectivity index (χ0v) is 12.9. The average molecular weight is 301 g/mol. The maximum Gasteiger partial charge on any atom is 0.329 e. The summed E-state index contributed by atoms with van der Waals surface area (Å²) in [5.41, 5.74) is 2.45. The first-order valence-electron chi connectivity index (χ1n) is 7.44. The molecule has 0 saturated carbocycles. The predicted octanol–water partition coefficient (Wildman–Crippen LogP) is 1.44. The molecule has 1 aliphatic heterocycles. The number of imide groups is 1. The van der Waals surface area contributed by atoms with Crippen LogP contribution in [0.25, 0.3) is 11.0 Å². The number of aromatic nitrogens is 2. The van der Waals surface area contributed by atoms with E-state index in [1.807, 2.05) is 18.2 Å². The molecule has 1 unspecified atom stereocenters. The molecule has 1 aromatic heterocycles. The van der Waals surface area contributed by atoms with Gasteiger partial charge in [-0.2, -0.15) is 0 Å². The number of hydrogen-bond donors (Lipinski definition) is 1. The third-order valence-electron chi connectivity index (χ3n) is 4.30. The van der Waals surface area contributed by atoms with Crippen molar-refractivity contribution < 1.29 is 9.59 Å². The molecule has 6 heteroatoms. The number of rotatable bonds is 2. The van der Waals surface area contributed by atoms with Crippen molar-refractivity contribution in [2.75, 3.05) is 0 Å². The Morgan fingerprint density at radius 1 is 1.18 bits per heavy atom. The molecule has 1 N–H and O–H groups in total. The number of benzene rings is 1. The average Bonchev–Trinajstić information content (AvgIpc) is 2.71. The highest BCUT2D eigenvalue weighted by Crippen LogP contribution is 2.25. The van der Waals surface area contributed by atoms with Gasteiger partial charge in [0, 0.05) is 13.5 Å². The second-order valence-electron chi connectivity index (χ2n) is 6.08. The number of nitrogens with zero attached hydrogens (tertiary/aromatic N) is 2. The van der Waals surface area contributed by atoms with E-state index < -0.39 is 11.9 Å². The van der Waals surface area contributed by atoms with E-state index in [0.29, 0.717) is 12.3 Å². The molecule has 1 fully saturated rings. The summed E-state index contributed by atoms with van der Waals surface area (Å²) < 4.78 is 3.06. The quantitative estimate of drug-likeness (QED) is 0.853. The van der Waals surface area contributed by atoms with Crippen LogP contribution >= 0.6 is 0 Å². The normalized spacial score (nSPS) is 19.0. The first-order valence-corrected chi connectivity index (χ1v) is 7.44. The Kier molecular flexibility index (Phi) is 3.39. The SMILES string of the molecule is CC(C)c1ccc2c(c1)n(C)c(=O)n2C1CCC(=O)NC1=O. The van der Waals surface area contributed by atoms with E-state index in [9.17, 15) is 14.4 Å². The van der Waals surface area contributed by atoms with Crippen LogP contribution in [-0.4, -0.2) is 20.9 Å². The Morgan fingerprint density at radius 3 is 2.55 bits per heavy atom. The third-order valence-corrected chi connectivity index (χ3v) is 4.30. The van der Waals surface area contributed by atoms with Gasteiger partial charge in [-0.25, -0.2) is 4.79 Å². The number of imidazole rings is 1. The van der Waals surface area contributed by atoms with Gasteiger partial charge < -0.3 is 0 Å². The van der Waals surface area contributed by atoms with Crippen LogP contribution in [0.3, 0.4) is 0 Å². The van der Waals surface area contributed by atoms with E-state index in [-0.39, 0.29) is 18.0 Å². The molecule has 1 atom stereocenters. The van der Waals surface area contributed by atoms with E-state index in [4.69, 9.17) is 0 Å². The van der Waals surface area contributed by atoms with Crippen molar-refractivity contribution in [1.29, 1.82) is 0 Å². The van der Waals surface area contributed by atoms with E-state index >= 15 is 0 Å². The van der Waals surface area contributed by atoms with Crippen LogP contribution in [0.15, 0.2) is 23.0 Å². The van der Waals surface area contributed by atoms with Crippen molar-refractivity contribution in [3.8, 4) is 0 Å². The Labute approximate surface area is 127 Å². The van der Waals surface area contributed by atoms with Crippen molar-refractivity contribution >= 4 is 22.8 Å². The van der Waals surface area contributed by atoms with Crippen LogP contribution in [0, 0.1) is 0 Å². The Bertz CT molecular complexity index is 829. The van der Waals surface area contributed by atoms with Crippen LogP contribution in [0.4, 0.5) is 0 Å². The minimum absolute atomic E-state index is 0.231. The Morgan fingerprint density at radius 2 is 1.91 bits per heavy atom. The standard InChI is InChI=1S/C16H19N3O3/c1-9(2)10-4-5-11-13(8-10)18(3)16(22)19(11)12-6-7-14(20)17-15(12)21/h4-5,8-9,12H,6-7H2,1-3H3,(H,17,20,21). The monoisotopic (exact) mass is 301 g/mol. The lowest BCUT2D eigenvalue weighted by atomic mass is 10.0. The van der Waals surface area contributed by atoms with Gasteiger partial charge in [0.1, 0.15) is 6.04 Å². The first kappa shape index (κ1) is 14.6. The number of nitrogens with one attached hydrogen (secondary N) is 1. The number of amides is 2.